The number of nitrogens with one attached hydrogen (secondary N) is 1. The van der Waals surface area contributed by atoms with Gasteiger partial charge in [0.2, 0.25) is 0 Å². The zero-order valence-electron chi connectivity index (χ0n) is 18.4. The van der Waals surface area contributed by atoms with Gasteiger partial charge in [0.05, 0.1) is 6.04 Å². The first-order valence-electron chi connectivity index (χ1n) is 11.1. The molecule has 0 aromatic carbocycles. The predicted molar refractivity (Wildman–Crippen MR) is 111 cm³/mol. The third kappa shape index (κ3) is 3.53. The van der Waals surface area contributed by atoms with Crippen LogP contribution >= 0.6 is 0 Å². The second kappa shape index (κ2) is 6.89. The number of amides is 1. The summed E-state index contributed by atoms with van der Waals surface area (Å²) < 4.78 is 5.66. The Morgan fingerprint density at radius 2 is 1.89 bits per heavy atom. The van der Waals surface area contributed by atoms with Gasteiger partial charge in [-0.05, 0) is 84.6 Å². The number of piperidine rings is 1. The van der Waals surface area contributed by atoms with E-state index in [2.05, 4.69) is 17.2 Å². The molecule has 1 amide bonds. The molecule has 0 spiro atoms. The van der Waals surface area contributed by atoms with Crippen LogP contribution in [0.2, 0.25) is 0 Å². The normalized spacial score (nSPS) is 37.5. The number of carbonyl (C=O) groups is 1. The summed E-state index contributed by atoms with van der Waals surface area (Å²) in [5, 5.41) is 11.0. The first-order chi connectivity index (χ1) is 13.1. The van der Waals surface area contributed by atoms with Crippen LogP contribution in [0.5, 0.6) is 0 Å². The molecule has 1 N–H and O–H groups in total. The van der Waals surface area contributed by atoms with Crippen LogP contribution in [0.4, 0.5) is 4.79 Å². The molecule has 2 atom stereocenters. The van der Waals surface area contributed by atoms with Gasteiger partial charge in [-0.15, -0.1) is 0 Å². The Morgan fingerprint density at radius 1 is 1.25 bits per heavy atom. The Morgan fingerprint density at radius 3 is 2.50 bits per heavy atom. The van der Waals surface area contributed by atoms with Crippen LogP contribution in [0.25, 0.3) is 0 Å². The lowest BCUT2D eigenvalue weighted by molar-refractivity contribution is -0.0675. The van der Waals surface area contributed by atoms with Crippen molar-refractivity contribution in [2.24, 2.45) is 16.4 Å². The highest BCUT2D eigenvalue weighted by Gasteiger charge is 2.53. The molecule has 2 heterocycles. The summed E-state index contributed by atoms with van der Waals surface area (Å²) in [6.45, 7) is 11.3. The second-order valence-corrected chi connectivity index (χ2v) is 10.8. The average molecular weight is 391 g/mol. The fourth-order valence-electron chi connectivity index (χ4n) is 5.98. The Bertz CT molecular complexity index is 629. The van der Waals surface area contributed by atoms with Gasteiger partial charge in [0.25, 0.3) is 0 Å². The molecule has 158 valence electrons. The van der Waals surface area contributed by atoms with E-state index in [1.807, 2.05) is 32.7 Å². The van der Waals surface area contributed by atoms with Crippen molar-refractivity contribution in [3.8, 4) is 0 Å². The number of nitrogens with zero attached hydrogens (tertiary/aromatic N) is 3. The third-order valence-electron chi connectivity index (χ3n) is 7.89. The van der Waals surface area contributed by atoms with Crippen molar-refractivity contribution in [1.82, 2.24) is 15.2 Å². The molecule has 3 saturated carbocycles. The zero-order valence-corrected chi connectivity index (χ0v) is 18.4. The van der Waals surface area contributed by atoms with Crippen LogP contribution < -0.4 is 5.32 Å². The van der Waals surface area contributed by atoms with Crippen molar-refractivity contribution in [2.45, 2.75) is 89.8 Å². The molecule has 2 bridgehead atoms. The quantitative estimate of drug-likeness (QED) is 0.800. The molecule has 1 saturated heterocycles. The summed E-state index contributed by atoms with van der Waals surface area (Å²) in [5.41, 5.74) is 1.23. The fraction of sp³-hybridized carbons (Fsp3) is 0.909. The maximum atomic E-state index is 12.7. The minimum absolute atomic E-state index is 0.00836. The van der Waals surface area contributed by atoms with Crippen molar-refractivity contribution >= 4 is 11.8 Å². The van der Waals surface area contributed by atoms with E-state index in [0.717, 1.165) is 38.9 Å². The lowest BCUT2D eigenvalue weighted by atomic mass is 9.56. The van der Waals surface area contributed by atoms with E-state index in [4.69, 9.17) is 9.84 Å². The molecule has 5 rings (SSSR count). The first kappa shape index (κ1) is 20.0. The van der Waals surface area contributed by atoms with Crippen LogP contribution in [-0.4, -0.2) is 65.6 Å². The maximum Gasteiger partial charge on any atom is 0.410 e. The molecule has 0 radical (unpaired) electrons. The summed E-state index contributed by atoms with van der Waals surface area (Å²) in [4.78, 5) is 14.6. The molecule has 2 unspecified atom stereocenters. The van der Waals surface area contributed by atoms with Crippen LogP contribution in [0, 0.1) is 11.3 Å². The van der Waals surface area contributed by atoms with Crippen LogP contribution in [-0.2, 0) is 4.74 Å². The molecular weight excluding hydrogens is 352 g/mol. The Labute approximate surface area is 170 Å². The van der Waals surface area contributed by atoms with E-state index in [1.165, 1.54) is 31.4 Å². The molecule has 6 nitrogen and oxygen atoms in total. The molecule has 0 aromatic rings. The Balaban J connectivity index is 1.40. The standard InChI is InChI=1S/C22H38N4O2/c1-16-17-14-23-13-6-18(17)26(24-16)15-21-7-10-22(11-8-21,12-9-21)25(5)19(27)28-20(2,3)4/h17-18,23H,6-15H2,1-5H3. The lowest BCUT2D eigenvalue weighted by Gasteiger charge is -2.57. The van der Waals surface area contributed by atoms with E-state index < -0.39 is 5.60 Å². The number of hydrogen-bond acceptors (Lipinski definition) is 5. The molecule has 2 aliphatic heterocycles. The molecule has 0 aromatic heterocycles. The summed E-state index contributed by atoms with van der Waals surface area (Å²) in [6, 6.07) is 0.591. The number of fused-ring (bicyclic) bond motifs is 4. The van der Waals surface area contributed by atoms with E-state index in [-0.39, 0.29) is 11.6 Å². The Kier molecular flexibility index (Phi) is 4.92. The van der Waals surface area contributed by atoms with E-state index >= 15 is 0 Å². The highest BCUT2D eigenvalue weighted by atomic mass is 16.6. The van der Waals surface area contributed by atoms with E-state index in [0.29, 0.717) is 17.4 Å². The smallest absolute Gasteiger partial charge is 0.410 e. The third-order valence-corrected chi connectivity index (χ3v) is 7.89. The number of ether oxygens (including phenoxy) is 1. The summed E-state index contributed by atoms with van der Waals surface area (Å²) in [7, 11) is 1.94. The van der Waals surface area contributed by atoms with Crippen molar-refractivity contribution in [2.75, 3.05) is 26.7 Å². The van der Waals surface area contributed by atoms with E-state index in [9.17, 15) is 4.79 Å². The molecule has 5 aliphatic rings. The number of hydrazone groups is 1. The molecule has 3 aliphatic carbocycles. The SMILES string of the molecule is CC1=NN(CC23CCC(N(C)C(=O)OC(C)(C)C)(CC2)CC3)C2CCNCC12. The highest BCUT2D eigenvalue weighted by molar-refractivity contribution is 5.86. The fourth-order valence-corrected chi connectivity index (χ4v) is 5.98. The summed E-state index contributed by atoms with van der Waals surface area (Å²) in [5.74, 6) is 0.592. The first-order valence-corrected chi connectivity index (χ1v) is 11.1. The van der Waals surface area contributed by atoms with Gasteiger partial charge in [0.1, 0.15) is 5.60 Å². The topological polar surface area (TPSA) is 57.2 Å². The second-order valence-electron chi connectivity index (χ2n) is 10.8. The van der Waals surface area contributed by atoms with Gasteiger partial charge < -0.3 is 15.0 Å². The van der Waals surface area contributed by atoms with Crippen LogP contribution in [0.3, 0.4) is 0 Å². The van der Waals surface area contributed by atoms with Gasteiger partial charge in [-0.3, -0.25) is 5.01 Å². The molecule has 28 heavy (non-hydrogen) atoms. The van der Waals surface area contributed by atoms with Gasteiger partial charge >= 0.3 is 6.09 Å². The largest absolute Gasteiger partial charge is 0.444 e. The van der Waals surface area contributed by atoms with Crippen molar-refractivity contribution in [3.05, 3.63) is 0 Å². The minimum atomic E-state index is -0.438. The summed E-state index contributed by atoms with van der Waals surface area (Å²) in [6.07, 6.45) is 7.90. The number of carbonyl (C=O) groups excluding carboxylic acids is 1. The number of hydrogen-bond donors (Lipinski definition) is 1. The highest BCUT2D eigenvalue weighted by Crippen LogP contribution is 2.55. The number of rotatable bonds is 3. The summed E-state index contributed by atoms with van der Waals surface area (Å²) >= 11 is 0. The monoisotopic (exact) mass is 390 g/mol. The average Bonchev–Trinajstić information content (AvgIpc) is 2.97. The van der Waals surface area contributed by atoms with Crippen molar-refractivity contribution in [3.63, 3.8) is 0 Å². The van der Waals surface area contributed by atoms with Crippen LogP contribution in [0.15, 0.2) is 5.10 Å². The predicted octanol–water partition coefficient (Wildman–Crippen LogP) is 3.62. The van der Waals surface area contributed by atoms with Crippen LogP contribution in [0.1, 0.15) is 72.6 Å². The molecule has 4 fully saturated rings. The van der Waals surface area contributed by atoms with Gasteiger partial charge in [-0.25, -0.2) is 4.79 Å². The van der Waals surface area contributed by atoms with E-state index in [1.54, 1.807) is 0 Å². The minimum Gasteiger partial charge on any atom is -0.444 e. The van der Waals surface area contributed by atoms with Gasteiger partial charge in [-0.1, -0.05) is 0 Å². The maximum absolute atomic E-state index is 12.7. The van der Waals surface area contributed by atoms with Gasteiger partial charge in [0, 0.05) is 37.3 Å². The molecular formula is C22H38N4O2. The van der Waals surface area contributed by atoms with Crippen molar-refractivity contribution < 1.29 is 9.53 Å². The lowest BCUT2D eigenvalue weighted by Crippen LogP contribution is -2.59. The zero-order chi connectivity index (χ0) is 20.2. The van der Waals surface area contributed by atoms with Crippen molar-refractivity contribution in [1.29, 1.82) is 0 Å². The molecule has 6 heteroatoms. The Hall–Kier alpha value is -1.30. The van der Waals surface area contributed by atoms with Gasteiger partial charge in [0.15, 0.2) is 0 Å². The van der Waals surface area contributed by atoms with Gasteiger partial charge in [-0.2, -0.15) is 5.10 Å².